The molecule has 0 amide bonds. The first-order valence-electron chi connectivity index (χ1n) is 5.91. The minimum atomic E-state index is -0.790. The number of aliphatic hydroxyl groups is 2. The van der Waals surface area contributed by atoms with Crippen LogP contribution in [0.3, 0.4) is 0 Å². The first-order valence-corrected chi connectivity index (χ1v) is 6.31. The summed E-state index contributed by atoms with van der Waals surface area (Å²) in [6.45, 7) is -0.290. The van der Waals surface area contributed by atoms with E-state index in [1.165, 1.54) is 10.3 Å². The van der Waals surface area contributed by atoms with Crippen LogP contribution in [0.4, 0.5) is 5.95 Å². The van der Waals surface area contributed by atoms with Gasteiger partial charge < -0.3 is 20.7 Å². The standard InChI is InChI=1S/C10H13N5O4S/c11-10-13-8(18)7-9(15(10)20)14(3-12-7)6-1-4(17)5(2-16)19-6/h3-6,16-17,20H,1-2H2,(H2,11,13,18)/t4-,5+,6+/m0/s1. The molecule has 0 bridgehead atoms. The summed E-state index contributed by atoms with van der Waals surface area (Å²) in [6.07, 6.45) is -0.358. The van der Waals surface area contributed by atoms with Crippen molar-refractivity contribution >= 4 is 29.9 Å². The number of imidazole rings is 1. The molecule has 1 fully saturated rings. The van der Waals surface area contributed by atoms with Crippen LogP contribution in [0.25, 0.3) is 11.2 Å². The molecule has 0 radical (unpaired) electrons. The van der Waals surface area contributed by atoms with Gasteiger partial charge in [0.15, 0.2) is 11.2 Å². The highest BCUT2D eigenvalue weighted by Gasteiger charge is 2.35. The van der Waals surface area contributed by atoms with E-state index in [9.17, 15) is 9.90 Å². The second-order valence-corrected chi connectivity index (χ2v) is 4.93. The van der Waals surface area contributed by atoms with Gasteiger partial charge in [0.25, 0.3) is 0 Å². The van der Waals surface area contributed by atoms with E-state index < -0.39 is 24.0 Å². The maximum absolute atomic E-state index is 11.7. The summed E-state index contributed by atoms with van der Waals surface area (Å²) in [5, 5.41) is 18.9. The molecule has 10 heteroatoms. The highest BCUT2D eigenvalue weighted by Crippen LogP contribution is 2.31. The summed E-state index contributed by atoms with van der Waals surface area (Å²) in [5.74, 6) is -0.0650. The summed E-state index contributed by atoms with van der Waals surface area (Å²) >= 11 is 4.17. The zero-order valence-corrected chi connectivity index (χ0v) is 11.1. The van der Waals surface area contributed by atoms with Crippen LogP contribution >= 0.6 is 12.8 Å². The molecule has 4 N–H and O–H groups in total. The van der Waals surface area contributed by atoms with E-state index in [0.29, 0.717) is 5.65 Å². The number of nitrogens with zero attached hydrogens (tertiary/aromatic N) is 4. The Balaban J connectivity index is 2.12. The number of aromatic nitrogens is 4. The smallest absolute Gasteiger partial charge is 0.302 e. The molecule has 0 unspecified atom stereocenters. The molecule has 0 aliphatic carbocycles. The van der Waals surface area contributed by atoms with Crippen molar-refractivity contribution in [1.29, 1.82) is 0 Å². The third-order valence-corrected chi connectivity index (χ3v) is 3.69. The lowest BCUT2D eigenvalue weighted by molar-refractivity contribution is -0.0432. The molecule has 1 saturated heterocycles. The summed E-state index contributed by atoms with van der Waals surface area (Å²) < 4.78 is 8.29. The summed E-state index contributed by atoms with van der Waals surface area (Å²) in [4.78, 5) is 19.3. The molecule has 0 saturated carbocycles. The van der Waals surface area contributed by atoms with Crippen molar-refractivity contribution in [3.8, 4) is 0 Å². The molecule has 2 aromatic rings. The predicted octanol–water partition coefficient (Wildman–Crippen LogP) is -1.49. The fraction of sp³-hybridized carbons (Fsp3) is 0.500. The maximum Gasteiger partial charge on any atom is 0.302 e. The number of ether oxygens (including phenoxy) is 1. The average molecular weight is 299 g/mol. The van der Waals surface area contributed by atoms with Gasteiger partial charge >= 0.3 is 5.56 Å². The zero-order valence-electron chi connectivity index (χ0n) is 10.2. The van der Waals surface area contributed by atoms with Crippen molar-refractivity contribution in [1.82, 2.24) is 18.5 Å². The first kappa shape index (κ1) is 13.4. The second kappa shape index (κ2) is 4.74. The van der Waals surface area contributed by atoms with Crippen LogP contribution in [0.1, 0.15) is 12.6 Å². The zero-order chi connectivity index (χ0) is 14.4. The minimum Gasteiger partial charge on any atom is -0.394 e. The monoisotopic (exact) mass is 299 g/mol. The van der Waals surface area contributed by atoms with Crippen molar-refractivity contribution in [3.63, 3.8) is 0 Å². The molecular formula is C10H13N5O4S. The number of hydrogen-bond donors (Lipinski definition) is 4. The number of aliphatic hydroxyl groups excluding tert-OH is 2. The van der Waals surface area contributed by atoms with E-state index >= 15 is 0 Å². The number of hydrogen-bond acceptors (Lipinski definition) is 8. The van der Waals surface area contributed by atoms with Crippen LogP contribution in [0.15, 0.2) is 11.1 Å². The lowest BCUT2D eigenvalue weighted by Gasteiger charge is -2.15. The van der Waals surface area contributed by atoms with Gasteiger partial charge in [-0.05, 0) is 0 Å². The Morgan fingerprint density at radius 2 is 2.35 bits per heavy atom. The normalized spacial score (nSPS) is 26.4. The van der Waals surface area contributed by atoms with Gasteiger partial charge in [0.2, 0.25) is 5.95 Å². The Bertz CT molecular complexity index is 713. The van der Waals surface area contributed by atoms with E-state index in [-0.39, 0.29) is 24.5 Å². The number of nitrogen functional groups attached to an aromatic ring is 1. The number of anilines is 1. The quantitative estimate of drug-likeness (QED) is 0.497. The fourth-order valence-electron chi connectivity index (χ4n) is 2.29. The summed E-state index contributed by atoms with van der Waals surface area (Å²) in [7, 11) is 0. The van der Waals surface area contributed by atoms with Gasteiger partial charge in [0.1, 0.15) is 12.3 Å². The average Bonchev–Trinajstić information content (AvgIpc) is 2.99. The largest absolute Gasteiger partial charge is 0.394 e. The molecule has 3 heterocycles. The minimum absolute atomic E-state index is 0.0650. The molecule has 0 spiro atoms. The predicted molar refractivity (Wildman–Crippen MR) is 72.2 cm³/mol. The molecular weight excluding hydrogens is 286 g/mol. The molecule has 1 aliphatic rings. The van der Waals surface area contributed by atoms with Gasteiger partial charge in [-0.2, -0.15) is 4.98 Å². The van der Waals surface area contributed by atoms with Gasteiger partial charge in [-0.15, -0.1) is 0 Å². The molecule has 1 aliphatic heterocycles. The highest BCUT2D eigenvalue weighted by molar-refractivity contribution is 7.78. The Kier molecular flexibility index (Phi) is 3.17. The lowest BCUT2D eigenvalue weighted by Crippen LogP contribution is -2.24. The summed E-state index contributed by atoms with van der Waals surface area (Å²) in [5.41, 5.74) is 5.49. The van der Waals surface area contributed by atoms with Crippen LogP contribution in [0.5, 0.6) is 0 Å². The molecule has 3 rings (SSSR count). The molecule has 2 aromatic heterocycles. The summed E-state index contributed by atoms with van der Waals surface area (Å²) in [6, 6.07) is 0. The van der Waals surface area contributed by atoms with Crippen LogP contribution in [-0.4, -0.2) is 47.5 Å². The van der Waals surface area contributed by atoms with Crippen molar-refractivity contribution in [3.05, 3.63) is 16.7 Å². The highest BCUT2D eigenvalue weighted by atomic mass is 32.1. The van der Waals surface area contributed by atoms with E-state index in [4.69, 9.17) is 15.6 Å². The SMILES string of the molecule is Nc1nc(=O)c2ncn([C@H]3C[C@H](O)[C@@H](CO)O3)c2n1S. The maximum atomic E-state index is 11.7. The fourth-order valence-corrected chi connectivity index (χ4v) is 2.53. The van der Waals surface area contributed by atoms with Gasteiger partial charge in [-0.3, -0.25) is 9.36 Å². The Labute approximate surface area is 118 Å². The molecule has 3 atom stereocenters. The van der Waals surface area contributed by atoms with Crippen molar-refractivity contribution in [2.75, 3.05) is 12.3 Å². The topological polar surface area (TPSA) is 128 Å². The Morgan fingerprint density at radius 1 is 1.60 bits per heavy atom. The van der Waals surface area contributed by atoms with E-state index in [1.54, 1.807) is 4.57 Å². The van der Waals surface area contributed by atoms with Gasteiger partial charge in [-0.1, -0.05) is 12.8 Å². The lowest BCUT2D eigenvalue weighted by atomic mass is 10.2. The van der Waals surface area contributed by atoms with Gasteiger partial charge in [0.05, 0.1) is 19.0 Å². The van der Waals surface area contributed by atoms with Crippen molar-refractivity contribution in [2.45, 2.75) is 24.9 Å². The van der Waals surface area contributed by atoms with E-state index in [0.717, 1.165) is 0 Å². The molecule has 108 valence electrons. The van der Waals surface area contributed by atoms with Crippen LogP contribution in [0, 0.1) is 0 Å². The number of thiol groups is 1. The Morgan fingerprint density at radius 3 is 3.00 bits per heavy atom. The second-order valence-electron chi connectivity index (χ2n) is 4.53. The number of fused-ring (bicyclic) bond motifs is 1. The van der Waals surface area contributed by atoms with E-state index in [2.05, 4.69) is 22.8 Å². The first-order chi connectivity index (χ1) is 9.52. The molecule has 0 aromatic carbocycles. The van der Waals surface area contributed by atoms with Crippen LogP contribution in [-0.2, 0) is 4.74 Å². The third-order valence-electron chi connectivity index (χ3n) is 3.30. The Hall–Kier alpha value is -1.62. The van der Waals surface area contributed by atoms with Crippen molar-refractivity contribution < 1.29 is 14.9 Å². The number of rotatable bonds is 2. The van der Waals surface area contributed by atoms with Crippen LogP contribution in [0.2, 0.25) is 0 Å². The van der Waals surface area contributed by atoms with Crippen LogP contribution < -0.4 is 11.3 Å². The number of nitrogens with two attached hydrogens (primary N) is 1. The van der Waals surface area contributed by atoms with Gasteiger partial charge in [0, 0.05) is 6.42 Å². The van der Waals surface area contributed by atoms with Crippen molar-refractivity contribution in [2.24, 2.45) is 0 Å². The van der Waals surface area contributed by atoms with Gasteiger partial charge in [-0.25, -0.2) is 8.96 Å². The molecule has 9 nitrogen and oxygen atoms in total. The molecule has 20 heavy (non-hydrogen) atoms. The van der Waals surface area contributed by atoms with E-state index in [1.807, 2.05) is 0 Å². The third kappa shape index (κ3) is 1.88.